The first-order chi connectivity index (χ1) is 9.10. The molecule has 0 spiro atoms. The summed E-state index contributed by atoms with van der Waals surface area (Å²) in [6, 6.07) is 0. The van der Waals surface area contributed by atoms with E-state index in [1.165, 1.54) is 0 Å². The van der Waals surface area contributed by atoms with Crippen molar-refractivity contribution >= 4 is 24.6 Å². The van der Waals surface area contributed by atoms with Gasteiger partial charge in [0.2, 0.25) is 5.91 Å². The molecule has 1 saturated heterocycles. The molecule has 2 aliphatic rings. The summed E-state index contributed by atoms with van der Waals surface area (Å²) in [5.74, 6) is 0.997. The molecule has 0 radical (unpaired) electrons. The number of piperazine rings is 1. The quantitative estimate of drug-likeness (QED) is 0.795. The van der Waals surface area contributed by atoms with Gasteiger partial charge < -0.3 is 14.5 Å². The van der Waals surface area contributed by atoms with Gasteiger partial charge in [-0.15, -0.1) is 0 Å². The van der Waals surface area contributed by atoms with Crippen LogP contribution >= 0.6 is 12.6 Å². The van der Waals surface area contributed by atoms with Crippen LogP contribution in [0.15, 0.2) is 0 Å². The molecule has 0 aromatic carbocycles. The number of carbonyl (C=O) groups is 2. The molecule has 2 fully saturated rings. The lowest BCUT2D eigenvalue weighted by Gasteiger charge is -2.34. The number of nitrogens with zero attached hydrogens (tertiary/aromatic N) is 2. The van der Waals surface area contributed by atoms with E-state index in [0.717, 1.165) is 18.6 Å². The largest absolute Gasteiger partial charge is 0.450 e. The van der Waals surface area contributed by atoms with Crippen LogP contribution in [0.4, 0.5) is 4.79 Å². The van der Waals surface area contributed by atoms with Gasteiger partial charge in [-0.2, -0.15) is 12.6 Å². The molecule has 0 N–H and O–H groups in total. The van der Waals surface area contributed by atoms with Gasteiger partial charge >= 0.3 is 6.09 Å². The molecule has 0 unspecified atom stereocenters. The summed E-state index contributed by atoms with van der Waals surface area (Å²) >= 11 is 4.33. The summed E-state index contributed by atoms with van der Waals surface area (Å²) < 4.78 is 4.96. The molecule has 19 heavy (non-hydrogen) atoms. The molecule has 6 heteroatoms. The molecule has 0 aromatic heterocycles. The molecule has 0 aromatic rings. The fourth-order valence-electron chi connectivity index (χ4n) is 2.35. The van der Waals surface area contributed by atoms with Crippen molar-refractivity contribution in [1.82, 2.24) is 9.80 Å². The fourth-order valence-corrected chi connectivity index (χ4v) is 2.78. The number of hydrogen-bond acceptors (Lipinski definition) is 4. The van der Waals surface area contributed by atoms with Gasteiger partial charge in [0.15, 0.2) is 0 Å². The topological polar surface area (TPSA) is 49.9 Å². The van der Waals surface area contributed by atoms with Crippen LogP contribution in [-0.4, -0.2) is 60.3 Å². The number of thiol groups is 1. The summed E-state index contributed by atoms with van der Waals surface area (Å²) in [5, 5.41) is 0. The molecule has 1 heterocycles. The minimum atomic E-state index is -0.274. The van der Waals surface area contributed by atoms with Gasteiger partial charge in [-0.05, 0) is 30.9 Å². The van der Waals surface area contributed by atoms with Crippen LogP contribution in [0.25, 0.3) is 0 Å². The molecule has 0 atom stereocenters. The smallest absolute Gasteiger partial charge is 0.409 e. The van der Waals surface area contributed by atoms with E-state index in [9.17, 15) is 9.59 Å². The van der Waals surface area contributed by atoms with Crippen LogP contribution < -0.4 is 0 Å². The van der Waals surface area contributed by atoms with Crippen molar-refractivity contribution in [2.24, 2.45) is 5.41 Å². The minimum absolute atomic E-state index is 0.165. The van der Waals surface area contributed by atoms with E-state index in [1.807, 2.05) is 4.90 Å². The summed E-state index contributed by atoms with van der Waals surface area (Å²) in [7, 11) is 0. The van der Waals surface area contributed by atoms with Gasteiger partial charge in [0.05, 0.1) is 6.61 Å². The lowest BCUT2D eigenvalue weighted by molar-refractivity contribution is -0.133. The van der Waals surface area contributed by atoms with Gasteiger partial charge in [-0.1, -0.05) is 0 Å². The molecule has 2 rings (SSSR count). The van der Waals surface area contributed by atoms with Gasteiger partial charge in [0.1, 0.15) is 0 Å². The van der Waals surface area contributed by atoms with Crippen LogP contribution in [0.5, 0.6) is 0 Å². The Hall–Kier alpha value is -0.910. The summed E-state index contributed by atoms with van der Waals surface area (Å²) in [4.78, 5) is 27.2. The first-order valence-corrected chi connectivity index (χ1v) is 7.54. The van der Waals surface area contributed by atoms with Crippen molar-refractivity contribution in [3.05, 3.63) is 0 Å². The third-order valence-corrected chi connectivity index (χ3v) is 4.65. The predicted molar refractivity (Wildman–Crippen MR) is 75.3 cm³/mol. The highest BCUT2D eigenvalue weighted by Crippen LogP contribution is 2.49. The Kier molecular flexibility index (Phi) is 4.60. The van der Waals surface area contributed by atoms with Gasteiger partial charge in [0.25, 0.3) is 0 Å². The maximum atomic E-state index is 12.2. The van der Waals surface area contributed by atoms with E-state index >= 15 is 0 Å². The maximum Gasteiger partial charge on any atom is 0.409 e. The van der Waals surface area contributed by atoms with Crippen molar-refractivity contribution in [3.63, 3.8) is 0 Å². The third-order valence-electron chi connectivity index (χ3n) is 3.98. The Labute approximate surface area is 119 Å². The zero-order valence-corrected chi connectivity index (χ0v) is 12.3. The molecule has 1 saturated carbocycles. The standard InChI is InChI=1S/C13H22N2O3S/c1-2-18-12(17)15-7-5-14(6-8-15)11(16)9-13(10-19)3-4-13/h19H,2-10H2,1H3. The highest BCUT2D eigenvalue weighted by atomic mass is 32.1. The van der Waals surface area contributed by atoms with Crippen LogP contribution in [0.2, 0.25) is 0 Å². The zero-order chi connectivity index (χ0) is 13.9. The Balaban J connectivity index is 1.76. The van der Waals surface area contributed by atoms with Gasteiger partial charge in [-0.3, -0.25) is 4.79 Å². The highest BCUT2D eigenvalue weighted by Gasteiger charge is 2.44. The minimum Gasteiger partial charge on any atom is -0.450 e. The van der Waals surface area contributed by atoms with Crippen LogP contribution in [0.3, 0.4) is 0 Å². The molecular formula is C13H22N2O3S. The molecule has 108 valence electrons. The van der Waals surface area contributed by atoms with Crippen LogP contribution in [0, 0.1) is 5.41 Å². The Bertz CT molecular complexity index is 350. The second kappa shape index (κ2) is 6.03. The molecule has 0 bridgehead atoms. The summed E-state index contributed by atoms with van der Waals surface area (Å²) in [5.41, 5.74) is 0.165. The Morgan fingerprint density at radius 1 is 1.16 bits per heavy atom. The van der Waals surface area contributed by atoms with E-state index in [-0.39, 0.29) is 17.4 Å². The van der Waals surface area contributed by atoms with E-state index in [2.05, 4.69) is 12.6 Å². The molecule has 1 aliphatic heterocycles. The first kappa shape index (κ1) is 14.5. The first-order valence-electron chi connectivity index (χ1n) is 6.90. The van der Waals surface area contributed by atoms with Crippen molar-refractivity contribution in [2.45, 2.75) is 26.2 Å². The lowest BCUT2D eigenvalue weighted by atomic mass is 10.0. The van der Waals surface area contributed by atoms with Crippen LogP contribution in [0.1, 0.15) is 26.2 Å². The van der Waals surface area contributed by atoms with Gasteiger partial charge in [-0.25, -0.2) is 4.79 Å². The maximum absolute atomic E-state index is 12.2. The molecule has 2 amide bonds. The zero-order valence-electron chi connectivity index (χ0n) is 11.4. The van der Waals surface area contributed by atoms with Crippen molar-refractivity contribution in [2.75, 3.05) is 38.5 Å². The number of hydrogen-bond donors (Lipinski definition) is 1. The SMILES string of the molecule is CCOC(=O)N1CCN(C(=O)CC2(CS)CC2)CC1. The highest BCUT2D eigenvalue weighted by molar-refractivity contribution is 7.80. The fraction of sp³-hybridized carbons (Fsp3) is 0.846. The monoisotopic (exact) mass is 286 g/mol. The molecule has 1 aliphatic carbocycles. The number of ether oxygens (including phenoxy) is 1. The van der Waals surface area contributed by atoms with E-state index in [1.54, 1.807) is 11.8 Å². The molecule has 5 nitrogen and oxygen atoms in total. The normalized spacial score (nSPS) is 21.2. The average molecular weight is 286 g/mol. The second-order valence-electron chi connectivity index (χ2n) is 5.40. The van der Waals surface area contributed by atoms with Gasteiger partial charge in [0, 0.05) is 32.6 Å². The second-order valence-corrected chi connectivity index (χ2v) is 5.72. The van der Waals surface area contributed by atoms with Crippen LogP contribution in [-0.2, 0) is 9.53 Å². The van der Waals surface area contributed by atoms with Crippen molar-refractivity contribution in [1.29, 1.82) is 0 Å². The number of carbonyl (C=O) groups excluding carboxylic acids is 2. The Morgan fingerprint density at radius 2 is 1.74 bits per heavy atom. The average Bonchev–Trinajstić information content (AvgIpc) is 3.19. The lowest BCUT2D eigenvalue weighted by Crippen LogP contribution is -2.51. The number of rotatable bonds is 4. The third kappa shape index (κ3) is 3.55. The van der Waals surface area contributed by atoms with E-state index in [4.69, 9.17) is 4.74 Å². The van der Waals surface area contributed by atoms with Crippen molar-refractivity contribution < 1.29 is 14.3 Å². The summed E-state index contributed by atoms with van der Waals surface area (Å²) in [6.45, 7) is 4.55. The van der Waals surface area contributed by atoms with E-state index < -0.39 is 0 Å². The van der Waals surface area contributed by atoms with Crippen molar-refractivity contribution in [3.8, 4) is 0 Å². The number of amides is 2. The summed E-state index contributed by atoms with van der Waals surface area (Å²) in [6.07, 6.45) is 2.56. The predicted octanol–water partition coefficient (Wildman–Crippen LogP) is 1.39. The Morgan fingerprint density at radius 3 is 2.21 bits per heavy atom. The van der Waals surface area contributed by atoms with E-state index in [0.29, 0.717) is 39.2 Å². The molecular weight excluding hydrogens is 264 g/mol.